The fourth-order valence-corrected chi connectivity index (χ4v) is 4.62. The van der Waals surface area contributed by atoms with Crippen LogP contribution in [0.25, 0.3) is 27.8 Å². The molecule has 0 aromatic carbocycles. The monoisotopic (exact) mass is 511 g/mol. The molecule has 0 bridgehead atoms. The Kier molecular flexibility index (Phi) is 5.90. The number of pyridine rings is 3. The van der Waals surface area contributed by atoms with Gasteiger partial charge in [0.25, 0.3) is 6.43 Å². The van der Waals surface area contributed by atoms with Crippen LogP contribution in [0.15, 0.2) is 36.8 Å². The summed E-state index contributed by atoms with van der Waals surface area (Å²) in [4.78, 5) is 27.1. The zero-order valence-corrected chi connectivity index (χ0v) is 19.9. The topological polar surface area (TPSA) is 97.5 Å². The number of fused-ring (bicyclic) bond motifs is 2. The zero-order chi connectivity index (χ0) is 25.7. The Bertz CT molecular complexity index is 1490. The minimum atomic E-state index is -2.82. The number of amides is 1. The van der Waals surface area contributed by atoms with Gasteiger partial charge < -0.3 is 15.0 Å². The number of rotatable bonds is 5. The second-order valence-electron chi connectivity index (χ2n) is 9.57. The molecule has 9 nitrogen and oxygen atoms in total. The molecule has 5 heterocycles. The summed E-state index contributed by atoms with van der Waals surface area (Å²) in [6.45, 7) is 5.10. The normalized spacial score (nSPS) is 22.0. The van der Waals surface area contributed by atoms with Gasteiger partial charge in [0.15, 0.2) is 11.5 Å². The minimum Gasteiger partial charge on any atom is -0.379 e. The zero-order valence-electron chi connectivity index (χ0n) is 19.9. The van der Waals surface area contributed by atoms with E-state index in [9.17, 15) is 18.0 Å². The van der Waals surface area contributed by atoms with E-state index < -0.39 is 30.1 Å². The molecule has 0 unspecified atom stereocenters. The smallest absolute Gasteiger partial charge is 0.281 e. The number of nitrogens with one attached hydrogen (secondary N) is 1. The highest BCUT2D eigenvalue weighted by Crippen LogP contribution is 2.36. The highest BCUT2D eigenvalue weighted by Gasteiger charge is 2.43. The molecule has 1 N–H and O–H groups in total. The van der Waals surface area contributed by atoms with E-state index >= 15 is 0 Å². The van der Waals surface area contributed by atoms with Gasteiger partial charge in [0.1, 0.15) is 17.7 Å². The van der Waals surface area contributed by atoms with Crippen LogP contribution in [0.1, 0.15) is 25.5 Å². The summed E-state index contributed by atoms with van der Waals surface area (Å²) < 4.78 is 48.0. The maximum absolute atomic E-state index is 13.7. The molecule has 1 amide bonds. The molecule has 12 heteroatoms. The first-order valence-corrected chi connectivity index (χ1v) is 12.1. The van der Waals surface area contributed by atoms with Gasteiger partial charge in [0.05, 0.1) is 31.0 Å². The Morgan fingerprint density at radius 1 is 1.22 bits per heavy atom. The SMILES string of the molecule is C[C@H]1COCCN(c2ccc3nc(-c4cnc(C(F)F)c5cnc(NC(=O)[C@@H]6C[C@@H]6F)cc45)nn3c2)C1. The maximum Gasteiger partial charge on any atom is 0.281 e. The summed E-state index contributed by atoms with van der Waals surface area (Å²) in [7, 11) is 0. The van der Waals surface area contributed by atoms with Crippen LogP contribution in [0.3, 0.4) is 0 Å². The van der Waals surface area contributed by atoms with Crippen molar-refractivity contribution in [2.24, 2.45) is 11.8 Å². The number of carbonyl (C=O) groups is 1. The third-order valence-electron chi connectivity index (χ3n) is 6.67. The Morgan fingerprint density at radius 2 is 2.05 bits per heavy atom. The van der Waals surface area contributed by atoms with Gasteiger partial charge in [-0.1, -0.05) is 6.92 Å². The largest absolute Gasteiger partial charge is 0.379 e. The summed E-state index contributed by atoms with van der Waals surface area (Å²) in [5, 5.41) is 7.66. The lowest BCUT2D eigenvalue weighted by molar-refractivity contribution is -0.117. The summed E-state index contributed by atoms with van der Waals surface area (Å²) in [5.41, 5.74) is 1.53. The van der Waals surface area contributed by atoms with E-state index in [1.54, 1.807) is 4.52 Å². The first-order chi connectivity index (χ1) is 17.9. The van der Waals surface area contributed by atoms with E-state index in [1.165, 1.54) is 18.5 Å². The molecule has 3 atom stereocenters. The average Bonchev–Trinajstić information content (AvgIpc) is 3.53. The molecule has 0 radical (unpaired) electrons. The van der Waals surface area contributed by atoms with Crippen molar-refractivity contribution in [1.82, 2.24) is 24.6 Å². The molecule has 2 aliphatic rings. The molecule has 37 heavy (non-hydrogen) atoms. The fraction of sp³-hybridized carbons (Fsp3) is 0.400. The third kappa shape index (κ3) is 4.57. The van der Waals surface area contributed by atoms with Crippen LogP contribution in [0.2, 0.25) is 0 Å². The van der Waals surface area contributed by atoms with Crippen LogP contribution < -0.4 is 10.2 Å². The van der Waals surface area contributed by atoms with Crippen LogP contribution in [0, 0.1) is 11.8 Å². The van der Waals surface area contributed by atoms with Gasteiger partial charge in [-0.05, 0) is 30.5 Å². The van der Waals surface area contributed by atoms with Crippen molar-refractivity contribution < 1.29 is 22.7 Å². The van der Waals surface area contributed by atoms with Crippen LogP contribution >= 0.6 is 0 Å². The van der Waals surface area contributed by atoms with E-state index in [0.29, 0.717) is 35.7 Å². The van der Waals surface area contributed by atoms with E-state index in [1.807, 2.05) is 18.3 Å². The Morgan fingerprint density at radius 3 is 2.84 bits per heavy atom. The molecular formula is C25H24F3N7O2. The molecule has 6 rings (SSSR count). The van der Waals surface area contributed by atoms with Crippen molar-refractivity contribution >= 4 is 33.8 Å². The van der Waals surface area contributed by atoms with Gasteiger partial charge in [0.2, 0.25) is 5.91 Å². The molecule has 4 aromatic heterocycles. The van der Waals surface area contributed by atoms with Gasteiger partial charge in [0, 0.05) is 41.8 Å². The molecule has 1 aliphatic carbocycles. The molecule has 1 saturated heterocycles. The Labute approximate surface area is 209 Å². The molecule has 4 aromatic rings. The molecule has 192 valence electrons. The number of hydrogen-bond acceptors (Lipinski definition) is 7. The van der Waals surface area contributed by atoms with E-state index in [-0.39, 0.29) is 23.4 Å². The lowest BCUT2D eigenvalue weighted by Gasteiger charge is -2.23. The van der Waals surface area contributed by atoms with Gasteiger partial charge in [-0.25, -0.2) is 27.7 Å². The summed E-state index contributed by atoms with van der Waals surface area (Å²) in [5.74, 6) is -0.394. The van der Waals surface area contributed by atoms with Crippen LogP contribution in [-0.2, 0) is 9.53 Å². The second kappa shape index (κ2) is 9.25. The van der Waals surface area contributed by atoms with Crippen molar-refractivity contribution in [2.75, 3.05) is 36.5 Å². The summed E-state index contributed by atoms with van der Waals surface area (Å²) in [6, 6.07) is 5.29. The second-order valence-corrected chi connectivity index (χ2v) is 9.57. The van der Waals surface area contributed by atoms with E-state index in [2.05, 4.69) is 37.2 Å². The Balaban J connectivity index is 1.39. The van der Waals surface area contributed by atoms with Crippen LogP contribution in [0.5, 0.6) is 0 Å². The minimum absolute atomic E-state index is 0.124. The third-order valence-corrected chi connectivity index (χ3v) is 6.67. The Hall–Kier alpha value is -3.80. The number of anilines is 2. The first kappa shape index (κ1) is 23.6. The number of halogens is 3. The number of alkyl halides is 3. The predicted octanol–water partition coefficient (Wildman–Crippen LogP) is 4.05. The number of ether oxygens (including phenoxy) is 1. The number of hydrogen-bond donors (Lipinski definition) is 1. The van der Waals surface area contributed by atoms with Crippen molar-refractivity contribution in [3.63, 3.8) is 0 Å². The number of aromatic nitrogens is 5. The molecule has 2 fully saturated rings. The molecule has 0 spiro atoms. The van der Waals surface area contributed by atoms with Gasteiger partial charge in [-0.3, -0.25) is 9.78 Å². The quantitative estimate of drug-likeness (QED) is 0.432. The molecule has 1 aliphatic heterocycles. The number of nitrogens with zero attached hydrogens (tertiary/aromatic N) is 6. The van der Waals surface area contributed by atoms with E-state index in [4.69, 9.17) is 4.74 Å². The maximum atomic E-state index is 13.7. The van der Waals surface area contributed by atoms with E-state index in [0.717, 1.165) is 18.8 Å². The van der Waals surface area contributed by atoms with Crippen molar-refractivity contribution in [2.45, 2.75) is 25.9 Å². The summed E-state index contributed by atoms with van der Waals surface area (Å²) in [6.07, 6.45) is 0.595. The summed E-state index contributed by atoms with van der Waals surface area (Å²) >= 11 is 0. The molecule has 1 saturated carbocycles. The van der Waals surface area contributed by atoms with Crippen molar-refractivity contribution in [1.29, 1.82) is 0 Å². The van der Waals surface area contributed by atoms with Crippen LogP contribution in [-0.4, -0.2) is 62.9 Å². The first-order valence-electron chi connectivity index (χ1n) is 12.1. The van der Waals surface area contributed by atoms with Crippen molar-refractivity contribution in [3.05, 3.63) is 42.5 Å². The standard InChI is InChI=1S/C25H24F3N7O2/c1-13-10-34(4-5-37-12-13)14-2-3-21-32-24(33-35(21)11-14)18-9-30-22(23(27)28)17-8-29-20(7-15(17)18)31-25(36)16-6-19(16)26/h2-3,7-9,11,13,16,19,23H,4-6,10,12H2,1H3,(H,29,31,36)/t13-,16-,19+/m1/s1. The number of carbonyl (C=O) groups excluding carboxylic acids is 1. The van der Waals surface area contributed by atoms with Crippen LogP contribution in [0.4, 0.5) is 24.7 Å². The van der Waals surface area contributed by atoms with Crippen molar-refractivity contribution in [3.8, 4) is 11.4 Å². The lowest BCUT2D eigenvalue weighted by Crippen LogP contribution is -2.29. The van der Waals surface area contributed by atoms with Gasteiger partial charge in [-0.15, -0.1) is 5.10 Å². The average molecular weight is 512 g/mol. The van der Waals surface area contributed by atoms with Gasteiger partial charge in [-0.2, -0.15) is 0 Å². The lowest BCUT2D eigenvalue weighted by atomic mass is 10.1. The molecular weight excluding hydrogens is 487 g/mol. The predicted molar refractivity (Wildman–Crippen MR) is 130 cm³/mol. The fourth-order valence-electron chi connectivity index (χ4n) is 4.62. The highest BCUT2D eigenvalue weighted by molar-refractivity contribution is 6.00. The highest BCUT2D eigenvalue weighted by atomic mass is 19.3. The van der Waals surface area contributed by atoms with Gasteiger partial charge >= 0.3 is 0 Å².